The number of rotatable bonds is 6. The zero-order valence-corrected chi connectivity index (χ0v) is 18.3. The number of aliphatic hydroxyl groups is 1. The fourth-order valence-corrected chi connectivity index (χ4v) is 4.17. The zero-order valence-electron chi connectivity index (χ0n) is 16.7. The van der Waals surface area contributed by atoms with Crippen molar-refractivity contribution in [3.8, 4) is 11.5 Å². The third-order valence-electron chi connectivity index (χ3n) is 5.48. The Bertz CT molecular complexity index is 890. The van der Waals surface area contributed by atoms with Gasteiger partial charge in [0.15, 0.2) is 6.54 Å². The molecule has 0 spiro atoms. The highest BCUT2D eigenvalue weighted by Gasteiger charge is 2.52. The number of hydrogen-bond acceptors (Lipinski definition) is 4. The average Bonchev–Trinajstić information content (AvgIpc) is 3.03. The highest BCUT2D eigenvalue weighted by Crippen LogP contribution is 2.36. The van der Waals surface area contributed by atoms with E-state index in [9.17, 15) is 13.9 Å². The monoisotopic (exact) mass is 482 g/mol. The first-order valence-electron chi connectivity index (χ1n) is 9.93. The van der Waals surface area contributed by atoms with E-state index in [4.69, 9.17) is 4.74 Å². The summed E-state index contributed by atoms with van der Waals surface area (Å²) < 4.78 is 36.9. The summed E-state index contributed by atoms with van der Waals surface area (Å²) in [6, 6.07) is 14.1. The van der Waals surface area contributed by atoms with E-state index in [-0.39, 0.29) is 22.7 Å². The second-order valence-electron chi connectivity index (χ2n) is 7.26. The molecule has 0 bridgehead atoms. The van der Waals surface area contributed by atoms with Crippen LogP contribution < -0.4 is 31.4 Å². The number of nitrogens with zero attached hydrogens (tertiary/aromatic N) is 2. The summed E-state index contributed by atoms with van der Waals surface area (Å²) in [6.45, 7) is 0.800. The van der Waals surface area contributed by atoms with Crippen molar-refractivity contribution >= 4 is 11.5 Å². The Labute approximate surface area is 185 Å². The predicted molar refractivity (Wildman–Crippen MR) is 106 cm³/mol. The van der Waals surface area contributed by atoms with Crippen molar-refractivity contribution < 1.29 is 44.9 Å². The maximum absolute atomic E-state index is 12.4. The lowest BCUT2D eigenvalue weighted by Crippen LogP contribution is -3.00. The van der Waals surface area contributed by atoms with Crippen molar-refractivity contribution in [2.75, 3.05) is 24.6 Å². The van der Waals surface area contributed by atoms with E-state index in [1.807, 2.05) is 35.8 Å². The van der Waals surface area contributed by atoms with Gasteiger partial charge in [-0.05, 0) is 68.3 Å². The first-order chi connectivity index (χ1) is 14.0. The molecule has 0 aliphatic carbocycles. The molecule has 2 heterocycles. The Morgan fingerprint density at radius 3 is 2.37 bits per heavy atom. The van der Waals surface area contributed by atoms with E-state index in [2.05, 4.69) is 9.64 Å². The van der Waals surface area contributed by atoms with Crippen molar-refractivity contribution in [3.63, 3.8) is 0 Å². The second kappa shape index (κ2) is 9.31. The zero-order chi connectivity index (χ0) is 20.4. The molecule has 0 amide bonds. The van der Waals surface area contributed by atoms with Crippen LogP contribution in [0.5, 0.6) is 11.5 Å². The molecular formula is C22H25BrF2N2O3. The quantitative estimate of drug-likeness (QED) is 0.622. The Balaban J connectivity index is 0.00000256. The molecule has 2 aromatic carbocycles. The van der Waals surface area contributed by atoms with Gasteiger partial charge in [0.1, 0.15) is 17.2 Å². The van der Waals surface area contributed by atoms with Gasteiger partial charge < -0.3 is 31.6 Å². The molecule has 0 radical (unpaired) electrons. The van der Waals surface area contributed by atoms with Gasteiger partial charge in [0.25, 0.3) is 11.6 Å². The van der Waals surface area contributed by atoms with Gasteiger partial charge in [-0.3, -0.25) is 0 Å². The summed E-state index contributed by atoms with van der Waals surface area (Å²) in [6.07, 6.45) is 2.94. The number of benzene rings is 2. The number of amidine groups is 1. The van der Waals surface area contributed by atoms with Gasteiger partial charge >= 0.3 is 6.61 Å². The van der Waals surface area contributed by atoms with E-state index in [0.29, 0.717) is 18.7 Å². The molecule has 1 N–H and O–H groups in total. The molecule has 4 rings (SSSR count). The molecule has 162 valence electrons. The van der Waals surface area contributed by atoms with Crippen LogP contribution in [0.25, 0.3) is 0 Å². The predicted octanol–water partition coefficient (Wildman–Crippen LogP) is 0.951. The third kappa shape index (κ3) is 4.30. The van der Waals surface area contributed by atoms with E-state index < -0.39 is 12.3 Å². The molecular weight excluding hydrogens is 458 g/mol. The van der Waals surface area contributed by atoms with Crippen LogP contribution in [-0.2, 0) is 5.72 Å². The van der Waals surface area contributed by atoms with Gasteiger partial charge in [0.05, 0.1) is 13.2 Å². The van der Waals surface area contributed by atoms with Crippen LogP contribution in [-0.4, -0.2) is 41.8 Å². The lowest BCUT2D eigenvalue weighted by atomic mass is 10.0. The summed E-state index contributed by atoms with van der Waals surface area (Å²) in [5.41, 5.74) is 0.424. The smallest absolute Gasteiger partial charge is 0.387 e. The van der Waals surface area contributed by atoms with Crippen molar-refractivity contribution in [2.24, 2.45) is 0 Å². The summed E-state index contributed by atoms with van der Waals surface area (Å²) in [4.78, 5) is 2.14. The fourth-order valence-electron chi connectivity index (χ4n) is 4.17. The minimum absolute atomic E-state index is 0. The molecule has 0 saturated heterocycles. The van der Waals surface area contributed by atoms with Crippen LogP contribution in [0.4, 0.5) is 14.5 Å². The number of ether oxygens (including phenoxy) is 2. The van der Waals surface area contributed by atoms with Crippen LogP contribution in [0.1, 0.15) is 31.7 Å². The molecule has 2 aliphatic rings. The first kappa shape index (κ1) is 22.5. The number of anilines is 1. The van der Waals surface area contributed by atoms with Gasteiger partial charge in [-0.15, -0.1) is 0 Å². The molecule has 1 atom stereocenters. The van der Waals surface area contributed by atoms with Gasteiger partial charge in [-0.1, -0.05) is 0 Å². The summed E-state index contributed by atoms with van der Waals surface area (Å²) in [7, 11) is 0. The Morgan fingerprint density at radius 1 is 1.07 bits per heavy atom. The highest BCUT2D eigenvalue weighted by atomic mass is 79.9. The summed E-state index contributed by atoms with van der Waals surface area (Å²) >= 11 is 0. The topological polar surface area (TPSA) is 44.9 Å². The number of hydrogen-bond donors (Lipinski definition) is 1. The largest absolute Gasteiger partial charge is 1.00 e. The summed E-state index contributed by atoms with van der Waals surface area (Å²) in [5.74, 6) is 1.97. The van der Waals surface area contributed by atoms with Gasteiger partial charge in [0, 0.05) is 12.0 Å². The van der Waals surface area contributed by atoms with Crippen molar-refractivity contribution in [3.05, 3.63) is 54.1 Å². The van der Waals surface area contributed by atoms with Crippen molar-refractivity contribution in [1.82, 2.24) is 0 Å². The van der Waals surface area contributed by atoms with E-state index >= 15 is 0 Å². The molecule has 30 heavy (non-hydrogen) atoms. The normalized spacial score (nSPS) is 20.8. The maximum atomic E-state index is 12.4. The molecule has 5 nitrogen and oxygen atoms in total. The van der Waals surface area contributed by atoms with E-state index in [1.54, 1.807) is 12.1 Å². The number of halogens is 3. The Morgan fingerprint density at radius 2 is 1.73 bits per heavy atom. The maximum Gasteiger partial charge on any atom is 0.387 e. The first-order valence-corrected chi connectivity index (χ1v) is 9.93. The van der Waals surface area contributed by atoms with Gasteiger partial charge in [-0.25, -0.2) is 9.48 Å². The molecule has 2 aromatic rings. The molecule has 2 aliphatic heterocycles. The van der Waals surface area contributed by atoms with Crippen LogP contribution in [0.3, 0.4) is 0 Å². The standard InChI is InChI=1S/C22H25F2N2O3.BrH/c1-2-28-18-12-8-17(9-13-18)25-15-22(27,26-14-4-3-5-20(25)26)16-6-10-19(11-7-16)29-21(23)24;/h6-13,21,27H,2-5,14-15H2,1H3;1H/q+1;/p-1. The van der Waals surface area contributed by atoms with Crippen molar-refractivity contribution in [1.29, 1.82) is 0 Å². The lowest BCUT2D eigenvalue weighted by Gasteiger charge is -2.24. The lowest BCUT2D eigenvalue weighted by molar-refractivity contribution is -0.661. The number of β-amino-alcohol motifs (C(OH)–C–C–N with tert-alkyl or cyclic N) is 1. The molecule has 0 aromatic heterocycles. The SMILES string of the molecule is CCOc1ccc(N2CC(O)(c3ccc(OC(F)F)cc3)[N+]3=C2CCCC3)cc1.[Br-]. The summed E-state index contributed by atoms with van der Waals surface area (Å²) in [5, 5.41) is 11.7. The van der Waals surface area contributed by atoms with Crippen molar-refractivity contribution in [2.45, 2.75) is 38.5 Å². The van der Waals surface area contributed by atoms with E-state index in [0.717, 1.165) is 43.1 Å². The molecule has 0 fully saturated rings. The van der Waals surface area contributed by atoms with Crippen LogP contribution in [0.2, 0.25) is 0 Å². The van der Waals surface area contributed by atoms with E-state index in [1.165, 1.54) is 12.1 Å². The molecule has 1 unspecified atom stereocenters. The average molecular weight is 483 g/mol. The number of alkyl halides is 2. The van der Waals surface area contributed by atoms with Gasteiger partial charge in [-0.2, -0.15) is 8.78 Å². The van der Waals surface area contributed by atoms with Crippen LogP contribution >= 0.6 is 0 Å². The van der Waals surface area contributed by atoms with Crippen LogP contribution in [0.15, 0.2) is 48.5 Å². The minimum atomic E-state index is -2.87. The molecule has 8 heteroatoms. The Hall–Kier alpha value is -2.19. The minimum Gasteiger partial charge on any atom is -1.00 e. The third-order valence-corrected chi connectivity index (χ3v) is 5.48. The highest BCUT2D eigenvalue weighted by molar-refractivity contribution is 5.96. The Kier molecular flexibility index (Phi) is 6.98. The van der Waals surface area contributed by atoms with Crippen LogP contribution in [0, 0.1) is 0 Å². The second-order valence-corrected chi connectivity index (χ2v) is 7.26. The van der Waals surface area contributed by atoms with Gasteiger partial charge in [0.2, 0.25) is 0 Å². The molecule has 0 saturated carbocycles. The fraction of sp³-hybridized carbons (Fsp3) is 0.409.